The van der Waals surface area contributed by atoms with Crippen molar-refractivity contribution in [3.8, 4) is 0 Å². The summed E-state index contributed by atoms with van der Waals surface area (Å²) in [6.07, 6.45) is 9.43. The third kappa shape index (κ3) is 3.44. The molecule has 0 bridgehead atoms. The highest BCUT2D eigenvalue weighted by atomic mass is 16.3. The molecule has 0 aromatic heterocycles. The molecule has 3 heteroatoms. The molecule has 2 N–H and O–H groups in total. The molecule has 0 unspecified atom stereocenters. The van der Waals surface area contributed by atoms with E-state index in [1.807, 2.05) is 0 Å². The molecular formula is C14H26N2O. The second-order valence-corrected chi connectivity index (χ2v) is 5.89. The van der Waals surface area contributed by atoms with E-state index in [-0.39, 0.29) is 12.1 Å². The highest BCUT2D eigenvalue weighted by Gasteiger charge is 2.34. The van der Waals surface area contributed by atoms with Gasteiger partial charge in [0.25, 0.3) is 0 Å². The van der Waals surface area contributed by atoms with Crippen LogP contribution in [-0.4, -0.2) is 29.6 Å². The molecule has 1 aliphatic heterocycles. The first-order valence-corrected chi connectivity index (χ1v) is 7.16. The first-order chi connectivity index (χ1) is 8.24. The molecule has 0 amide bonds. The van der Waals surface area contributed by atoms with E-state index >= 15 is 0 Å². The lowest BCUT2D eigenvalue weighted by molar-refractivity contribution is 0.122. The van der Waals surface area contributed by atoms with Gasteiger partial charge in [0.1, 0.15) is 0 Å². The predicted molar refractivity (Wildman–Crippen MR) is 71.4 cm³/mol. The Morgan fingerprint density at radius 1 is 1.29 bits per heavy atom. The maximum Gasteiger partial charge on any atom is 0.0968 e. The van der Waals surface area contributed by atoms with Gasteiger partial charge in [-0.3, -0.25) is 4.99 Å². The Bertz CT molecular complexity index is 267. The molecule has 0 radical (unpaired) electrons. The summed E-state index contributed by atoms with van der Waals surface area (Å²) in [5.74, 6) is 1.96. The fraction of sp³-hybridized carbons (Fsp3) is 0.929. The third-order valence-electron chi connectivity index (χ3n) is 4.32. The van der Waals surface area contributed by atoms with E-state index < -0.39 is 0 Å². The van der Waals surface area contributed by atoms with Crippen LogP contribution in [0.15, 0.2) is 4.99 Å². The van der Waals surface area contributed by atoms with Gasteiger partial charge in [0.05, 0.1) is 18.0 Å². The second-order valence-electron chi connectivity index (χ2n) is 5.89. The van der Waals surface area contributed by atoms with Gasteiger partial charge < -0.3 is 10.4 Å². The van der Waals surface area contributed by atoms with E-state index in [2.05, 4.69) is 17.2 Å². The average Bonchev–Trinajstić information content (AvgIpc) is 2.61. The monoisotopic (exact) mass is 238 g/mol. The molecule has 0 atom stereocenters. The van der Waals surface area contributed by atoms with Crippen molar-refractivity contribution in [3.05, 3.63) is 0 Å². The Morgan fingerprint density at radius 3 is 2.76 bits per heavy atom. The summed E-state index contributed by atoms with van der Waals surface area (Å²) in [4.78, 5) is 4.62. The number of rotatable bonds is 2. The molecular weight excluding hydrogens is 212 g/mol. The zero-order chi connectivity index (χ0) is 12.1. The number of aliphatic hydroxyl groups excluding tert-OH is 1. The normalized spacial score (nSPS) is 34.9. The van der Waals surface area contributed by atoms with Crippen LogP contribution in [0.1, 0.15) is 58.3 Å². The van der Waals surface area contributed by atoms with Gasteiger partial charge in [-0.05, 0) is 44.4 Å². The number of amidine groups is 1. The van der Waals surface area contributed by atoms with Crippen LogP contribution >= 0.6 is 0 Å². The molecule has 2 rings (SSSR count). The summed E-state index contributed by atoms with van der Waals surface area (Å²) >= 11 is 0. The van der Waals surface area contributed by atoms with Crippen LogP contribution in [0.2, 0.25) is 0 Å². The minimum Gasteiger partial charge on any atom is -0.394 e. The van der Waals surface area contributed by atoms with Crippen molar-refractivity contribution in [2.75, 3.05) is 13.2 Å². The van der Waals surface area contributed by atoms with Crippen LogP contribution in [-0.2, 0) is 0 Å². The molecule has 0 saturated heterocycles. The fourth-order valence-electron chi connectivity index (χ4n) is 2.92. The predicted octanol–water partition coefficient (Wildman–Crippen LogP) is 2.49. The third-order valence-corrected chi connectivity index (χ3v) is 4.32. The van der Waals surface area contributed by atoms with Crippen LogP contribution in [0.3, 0.4) is 0 Å². The van der Waals surface area contributed by atoms with Crippen molar-refractivity contribution in [1.82, 2.24) is 5.32 Å². The van der Waals surface area contributed by atoms with E-state index in [4.69, 9.17) is 0 Å². The molecule has 0 spiro atoms. The topological polar surface area (TPSA) is 44.6 Å². The van der Waals surface area contributed by atoms with Gasteiger partial charge in [-0.25, -0.2) is 0 Å². The van der Waals surface area contributed by atoms with E-state index in [1.165, 1.54) is 32.1 Å². The number of hydrogen-bond donors (Lipinski definition) is 2. The van der Waals surface area contributed by atoms with Crippen molar-refractivity contribution >= 4 is 5.84 Å². The summed E-state index contributed by atoms with van der Waals surface area (Å²) < 4.78 is 0. The van der Waals surface area contributed by atoms with Gasteiger partial charge in [0.2, 0.25) is 0 Å². The largest absolute Gasteiger partial charge is 0.394 e. The summed E-state index contributed by atoms with van der Waals surface area (Å²) in [6.45, 7) is 3.52. The lowest BCUT2D eigenvalue weighted by atomic mass is 9.77. The highest BCUT2D eigenvalue weighted by Crippen LogP contribution is 2.31. The van der Waals surface area contributed by atoms with Crippen LogP contribution < -0.4 is 5.32 Å². The van der Waals surface area contributed by atoms with Gasteiger partial charge in [-0.2, -0.15) is 0 Å². The average molecular weight is 238 g/mol. The molecule has 0 aromatic carbocycles. The lowest BCUT2D eigenvalue weighted by Gasteiger charge is -2.39. The van der Waals surface area contributed by atoms with Crippen LogP contribution in [0, 0.1) is 5.92 Å². The van der Waals surface area contributed by atoms with Crippen molar-refractivity contribution in [2.24, 2.45) is 10.9 Å². The van der Waals surface area contributed by atoms with Crippen LogP contribution in [0.4, 0.5) is 0 Å². The number of aliphatic imine (C=N–C) groups is 1. The zero-order valence-corrected chi connectivity index (χ0v) is 11.0. The van der Waals surface area contributed by atoms with Crippen molar-refractivity contribution in [1.29, 1.82) is 0 Å². The molecule has 98 valence electrons. The Kier molecular flexibility index (Phi) is 4.43. The Labute approximate surface area is 105 Å². The summed E-state index contributed by atoms with van der Waals surface area (Å²) in [5, 5.41) is 13.3. The van der Waals surface area contributed by atoms with Crippen LogP contribution in [0.5, 0.6) is 0 Å². The molecule has 17 heavy (non-hydrogen) atoms. The Morgan fingerprint density at radius 2 is 2.06 bits per heavy atom. The zero-order valence-electron chi connectivity index (χ0n) is 11.0. The number of nitrogens with one attached hydrogen (secondary N) is 1. The summed E-state index contributed by atoms with van der Waals surface area (Å²) in [7, 11) is 0. The molecule has 1 fully saturated rings. The first kappa shape index (κ1) is 12.9. The van der Waals surface area contributed by atoms with Gasteiger partial charge in [0.15, 0.2) is 0 Å². The maximum atomic E-state index is 9.71. The van der Waals surface area contributed by atoms with E-state index in [0.717, 1.165) is 37.6 Å². The summed E-state index contributed by atoms with van der Waals surface area (Å²) in [5.41, 5.74) is -0.0737. The van der Waals surface area contributed by atoms with Gasteiger partial charge in [0, 0.05) is 13.0 Å². The smallest absolute Gasteiger partial charge is 0.0968 e. The standard InChI is InChI=1S/C14H26N2O/c1-12-6-8-14(11-17,9-7-12)16-13-5-3-2-4-10-15-13/h12,17H,2-11H2,1H3,(H,15,16). The van der Waals surface area contributed by atoms with Crippen molar-refractivity contribution in [2.45, 2.75) is 63.8 Å². The number of aliphatic hydroxyl groups is 1. The molecule has 3 nitrogen and oxygen atoms in total. The van der Waals surface area contributed by atoms with Gasteiger partial charge in [-0.1, -0.05) is 13.3 Å². The van der Waals surface area contributed by atoms with E-state index in [0.29, 0.717) is 0 Å². The van der Waals surface area contributed by atoms with Crippen molar-refractivity contribution < 1.29 is 5.11 Å². The lowest BCUT2D eigenvalue weighted by Crippen LogP contribution is -2.53. The molecule has 1 aliphatic carbocycles. The Hall–Kier alpha value is -0.570. The minimum absolute atomic E-state index is 0.0737. The van der Waals surface area contributed by atoms with Gasteiger partial charge >= 0.3 is 0 Å². The SMILES string of the molecule is CC1CCC(CO)(NC2=NCCCCC2)CC1. The van der Waals surface area contributed by atoms with E-state index in [9.17, 15) is 5.11 Å². The van der Waals surface area contributed by atoms with E-state index in [1.54, 1.807) is 0 Å². The van der Waals surface area contributed by atoms with Crippen LogP contribution in [0.25, 0.3) is 0 Å². The highest BCUT2D eigenvalue weighted by molar-refractivity contribution is 5.83. The molecule has 1 heterocycles. The molecule has 1 saturated carbocycles. The van der Waals surface area contributed by atoms with Gasteiger partial charge in [-0.15, -0.1) is 0 Å². The minimum atomic E-state index is -0.0737. The molecule has 0 aromatic rings. The Balaban J connectivity index is 1.96. The quantitative estimate of drug-likeness (QED) is 0.776. The fourth-order valence-corrected chi connectivity index (χ4v) is 2.92. The first-order valence-electron chi connectivity index (χ1n) is 7.16. The maximum absolute atomic E-state index is 9.71. The second kappa shape index (κ2) is 5.85. The number of nitrogens with zero attached hydrogens (tertiary/aromatic N) is 1. The number of hydrogen-bond acceptors (Lipinski definition) is 3. The summed E-state index contributed by atoms with van der Waals surface area (Å²) in [6, 6.07) is 0. The molecule has 2 aliphatic rings. The van der Waals surface area contributed by atoms with Crippen molar-refractivity contribution in [3.63, 3.8) is 0 Å².